The molecule has 0 radical (unpaired) electrons. The van der Waals surface area contributed by atoms with Gasteiger partial charge in [0.15, 0.2) is 0 Å². The van der Waals surface area contributed by atoms with Crippen molar-refractivity contribution in [1.82, 2.24) is 10.2 Å². The van der Waals surface area contributed by atoms with Crippen LogP contribution in [0.2, 0.25) is 0 Å². The molecule has 1 aromatic carbocycles. The fraction of sp³-hybridized carbons (Fsp3) is 0.556. The number of urea groups is 1. The lowest BCUT2D eigenvalue weighted by molar-refractivity contribution is -0.116. The number of ether oxygens (including phenoxy) is 1. The smallest absolute Gasteiger partial charge is 0.335 e. The first-order valence-corrected chi connectivity index (χ1v) is 8.57. The predicted molar refractivity (Wildman–Crippen MR) is 89.0 cm³/mol. The van der Waals surface area contributed by atoms with Crippen molar-refractivity contribution in [2.45, 2.75) is 44.2 Å². The number of hydrogen-bond donors (Lipinski definition) is 2. The molecule has 2 aliphatic rings. The Morgan fingerprint density at radius 2 is 1.88 bits per heavy atom. The summed E-state index contributed by atoms with van der Waals surface area (Å²) in [5.74, 6) is -0.948. The first-order valence-electron chi connectivity index (χ1n) is 8.57. The van der Waals surface area contributed by atoms with E-state index in [4.69, 9.17) is 9.84 Å². The number of benzene rings is 1. The number of hydrogen-bond acceptors (Lipinski definition) is 3. The molecule has 1 aromatic rings. The third-order valence-electron chi connectivity index (χ3n) is 4.95. The van der Waals surface area contributed by atoms with E-state index in [2.05, 4.69) is 5.32 Å². The number of carbonyl (C=O) groups excluding carboxylic acids is 1. The molecule has 0 aromatic heterocycles. The number of amides is 2. The van der Waals surface area contributed by atoms with Gasteiger partial charge in [-0.05, 0) is 30.5 Å². The van der Waals surface area contributed by atoms with Gasteiger partial charge in [0.05, 0.1) is 24.3 Å². The normalized spacial score (nSPS) is 19.9. The third-order valence-corrected chi connectivity index (χ3v) is 4.95. The number of aromatic carboxylic acids is 1. The van der Waals surface area contributed by atoms with Crippen LogP contribution in [0.15, 0.2) is 24.3 Å². The summed E-state index contributed by atoms with van der Waals surface area (Å²) in [5, 5.41) is 11.8. The van der Waals surface area contributed by atoms with Gasteiger partial charge in [0.1, 0.15) is 0 Å². The molecule has 2 fully saturated rings. The van der Waals surface area contributed by atoms with Crippen LogP contribution in [0, 0.1) is 0 Å². The van der Waals surface area contributed by atoms with Crippen LogP contribution in [-0.4, -0.2) is 47.3 Å². The first-order chi connectivity index (χ1) is 11.6. The lowest BCUT2D eigenvalue weighted by Crippen LogP contribution is -2.56. The topological polar surface area (TPSA) is 78.9 Å². The largest absolute Gasteiger partial charge is 0.478 e. The van der Waals surface area contributed by atoms with Gasteiger partial charge < -0.3 is 20.1 Å². The fourth-order valence-corrected chi connectivity index (χ4v) is 3.57. The van der Waals surface area contributed by atoms with Crippen LogP contribution in [0.3, 0.4) is 0 Å². The maximum Gasteiger partial charge on any atom is 0.335 e. The van der Waals surface area contributed by atoms with Crippen LogP contribution in [0.5, 0.6) is 0 Å². The Morgan fingerprint density at radius 3 is 2.54 bits per heavy atom. The third kappa shape index (κ3) is 3.87. The Hall–Kier alpha value is -2.08. The van der Waals surface area contributed by atoms with Crippen molar-refractivity contribution in [3.05, 3.63) is 35.4 Å². The van der Waals surface area contributed by atoms with Gasteiger partial charge in [0.25, 0.3) is 0 Å². The molecule has 0 atom stereocenters. The molecule has 1 aliphatic heterocycles. The first kappa shape index (κ1) is 16.8. The van der Waals surface area contributed by atoms with Crippen LogP contribution in [0.25, 0.3) is 0 Å². The summed E-state index contributed by atoms with van der Waals surface area (Å²) >= 11 is 0. The second kappa shape index (κ2) is 7.21. The average Bonchev–Trinajstić information content (AvgIpc) is 2.60. The predicted octanol–water partition coefficient (Wildman–Crippen LogP) is 2.63. The summed E-state index contributed by atoms with van der Waals surface area (Å²) in [7, 11) is 0. The Bertz CT molecular complexity index is 588. The molecule has 3 rings (SSSR count). The molecule has 1 saturated carbocycles. The van der Waals surface area contributed by atoms with Crippen molar-refractivity contribution < 1.29 is 19.4 Å². The van der Waals surface area contributed by atoms with E-state index in [1.54, 1.807) is 24.3 Å². The molecule has 0 bridgehead atoms. The van der Waals surface area contributed by atoms with Gasteiger partial charge in [-0.25, -0.2) is 9.59 Å². The second-order valence-corrected chi connectivity index (χ2v) is 6.67. The SMILES string of the molecule is O=C(O)c1ccc(CNC(=O)N2CCOC3(CCCCC3)C2)cc1. The Balaban J connectivity index is 1.53. The summed E-state index contributed by atoms with van der Waals surface area (Å²) < 4.78 is 6.01. The summed E-state index contributed by atoms with van der Waals surface area (Å²) in [6.45, 7) is 2.27. The number of carboxylic acids is 1. The van der Waals surface area contributed by atoms with Crippen molar-refractivity contribution >= 4 is 12.0 Å². The van der Waals surface area contributed by atoms with Gasteiger partial charge in [0, 0.05) is 13.1 Å². The van der Waals surface area contributed by atoms with Gasteiger partial charge in [-0.2, -0.15) is 0 Å². The van der Waals surface area contributed by atoms with Crippen molar-refractivity contribution in [2.75, 3.05) is 19.7 Å². The molecule has 1 heterocycles. The zero-order valence-electron chi connectivity index (χ0n) is 13.8. The van der Waals surface area contributed by atoms with Gasteiger partial charge in [-0.1, -0.05) is 31.4 Å². The quantitative estimate of drug-likeness (QED) is 0.892. The second-order valence-electron chi connectivity index (χ2n) is 6.67. The number of rotatable bonds is 3. The zero-order valence-corrected chi connectivity index (χ0v) is 13.8. The summed E-state index contributed by atoms with van der Waals surface area (Å²) in [4.78, 5) is 25.1. The van der Waals surface area contributed by atoms with Crippen molar-refractivity contribution in [3.63, 3.8) is 0 Å². The van der Waals surface area contributed by atoms with Crippen LogP contribution in [0.1, 0.15) is 48.0 Å². The minimum atomic E-state index is -0.948. The number of carboxylic acid groups (broad SMARTS) is 1. The molecule has 24 heavy (non-hydrogen) atoms. The van der Waals surface area contributed by atoms with E-state index in [-0.39, 0.29) is 17.2 Å². The zero-order chi connectivity index (χ0) is 17.0. The van der Waals surface area contributed by atoms with Crippen molar-refractivity contribution in [3.8, 4) is 0 Å². The van der Waals surface area contributed by atoms with Crippen LogP contribution < -0.4 is 5.32 Å². The summed E-state index contributed by atoms with van der Waals surface area (Å²) in [6, 6.07) is 6.48. The highest BCUT2D eigenvalue weighted by molar-refractivity contribution is 5.87. The Kier molecular flexibility index (Phi) is 5.04. The lowest BCUT2D eigenvalue weighted by Gasteiger charge is -2.44. The van der Waals surface area contributed by atoms with E-state index in [0.29, 0.717) is 26.2 Å². The molecule has 1 aliphatic carbocycles. The van der Waals surface area contributed by atoms with Crippen LogP contribution in [-0.2, 0) is 11.3 Å². The molecule has 0 unspecified atom stereocenters. The number of morpholine rings is 1. The number of nitrogens with one attached hydrogen (secondary N) is 1. The minimum absolute atomic E-state index is 0.0782. The molecule has 6 nitrogen and oxygen atoms in total. The highest BCUT2D eigenvalue weighted by atomic mass is 16.5. The molecular formula is C18H24N2O4. The molecule has 2 amide bonds. The molecular weight excluding hydrogens is 308 g/mol. The molecule has 1 saturated heterocycles. The summed E-state index contributed by atoms with van der Waals surface area (Å²) in [6.07, 6.45) is 5.67. The standard InChI is InChI=1S/C18H24N2O4/c21-16(22)15-6-4-14(5-7-15)12-19-17(23)20-10-11-24-18(13-20)8-2-1-3-9-18/h4-7H,1-3,8-13H2,(H,19,23)(H,21,22). The van der Waals surface area contributed by atoms with Crippen molar-refractivity contribution in [2.24, 2.45) is 0 Å². The Morgan fingerprint density at radius 1 is 1.17 bits per heavy atom. The maximum absolute atomic E-state index is 12.4. The van der Waals surface area contributed by atoms with Gasteiger partial charge in [-0.15, -0.1) is 0 Å². The van der Waals surface area contributed by atoms with Crippen LogP contribution >= 0.6 is 0 Å². The number of carbonyl (C=O) groups is 2. The van der Waals surface area contributed by atoms with E-state index in [1.165, 1.54) is 19.3 Å². The van der Waals surface area contributed by atoms with E-state index in [9.17, 15) is 9.59 Å². The van der Waals surface area contributed by atoms with E-state index in [0.717, 1.165) is 18.4 Å². The minimum Gasteiger partial charge on any atom is -0.478 e. The molecule has 130 valence electrons. The van der Waals surface area contributed by atoms with E-state index in [1.807, 2.05) is 4.90 Å². The van der Waals surface area contributed by atoms with Crippen LogP contribution in [0.4, 0.5) is 4.79 Å². The van der Waals surface area contributed by atoms with Gasteiger partial charge in [-0.3, -0.25) is 0 Å². The van der Waals surface area contributed by atoms with E-state index >= 15 is 0 Å². The fourth-order valence-electron chi connectivity index (χ4n) is 3.57. The number of nitrogens with zero attached hydrogens (tertiary/aromatic N) is 1. The van der Waals surface area contributed by atoms with Gasteiger partial charge >= 0.3 is 12.0 Å². The maximum atomic E-state index is 12.4. The Labute approximate surface area is 141 Å². The molecule has 6 heteroatoms. The highest BCUT2D eigenvalue weighted by Crippen LogP contribution is 2.34. The van der Waals surface area contributed by atoms with Gasteiger partial charge in [0.2, 0.25) is 0 Å². The van der Waals surface area contributed by atoms with E-state index < -0.39 is 5.97 Å². The average molecular weight is 332 g/mol. The molecule has 2 N–H and O–H groups in total. The summed E-state index contributed by atoms with van der Waals surface area (Å²) in [5.41, 5.74) is 0.989. The monoisotopic (exact) mass is 332 g/mol. The lowest BCUT2D eigenvalue weighted by atomic mass is 9.83. The van der Waals surface area contributed by atoms with Crippen molar-refractivity contribution in [1.29, 1.82) is 0 Å². The molecule has 1 spiro atoms. The highest BCUT2D eigenvalue weighted by Gasteiger charge is 2.39.